The Morgan fingerprint density at radius 3 is 2.53 bits per heavy atom. The van der Waals surface area contributed by atoms with Gasteiger partial charge < -0.3 is 24.6 Å². The summed E-state index contributed by atoms with van der Waals surface area (Å²) in [7, 11) is -0.269. The molecule has 2 rings (SSSR count). The van der Waals surface area contributed by atoms with Crippen molar-refractivity contribution in [2.45, 2.75) is 52.8 Å². The van der Waals surface area contributed by atoms with Crippen molar-refractivity contribution in [1.29, 1.82) is 0 Å². The number of likely N-dealkylation sites (N-methyl/N-ethyl adjacent to an activating group) is 1. The summed E-state index contributed by atoms with van der Waals surface area (Å²) in [6, 6.07) is 4.09. The van der Waals surface area contributed by atoms with Gasteiger partial charge >= 0.3 is 6.03 Å². The Labute approximate surface area is 203 Å². The van der Waals surface area contributed by atoms with Crippen LogP contribution in [0.15, 0.2) is 18.2 Å². The monoisotopic (exact) mass is 498 g/mol. The highest BCUT2D eigenvalue weighted by atomic mass is 32.2. The summed E-state index contributed by atoms with van der Waals surface area (Å²) in [5.41, 5.74) is 0.507. The molecule has 3 amide bonds. The number of amides is 3. The maximum Gasteiger partial charge on any atom is 0.317 e. The Bertz CT molecular complexity index is 968. The normalized spacial score (nSPS) is 22.4. The van der Waals surface area contributed by atoms with E-state index in [1.807, 2.05) is 27.7 Å². The van der Waals surface area contributed by atoms with E-state index < -0.39 is 10.0 Å². The van der Waals surface area contributed by atoms with Crippen LogP contribution >= 0.6 is 0 Å². The topological polar surface area (TPSA) is 117 Å². The van der Waals surface area contributed by atoms with Crippen LogP contribution in [0.2, 0.25) is 0 Å². The number of nitrogens with zero attached hydrogens (tertiary/aromatic N) is 2. The fourth-order valence-electron chi connectivity index (χ4n) is 3.70. The van der Waals surface area contributed by atoms with Crippen LogP contribution in [-0.2, 0) is 14.8 Å². The zero-order valence-electron chi connectivity index (χ0n) is 21.1. The fraction of sp³-hybridized carbons (Fsp3) is 0.652. The van der Waals surface area contributed by atoms with Crippen LogP contribution in [0.5, 0.6) is 5.75 Å². The van der Waals surface area contributed by atoms with Crippen molar-refractivity contribution in [3.8, 4) is 5.75 Å². The van der Waals surface area contributed by atoms with Gasteiger partial charge in [0.25, 0.3) is 5.91 Å². The second-order valence-electron chi connectivity index (χ2n) is 9.07. The lowest BCUT2D eigenvalue weighted by Crippen LogP contribution is -2.52. The average molecular weight is 499 g/mol. The fourth-order valence-corrected chi connectivity index (χ4v) is 4.33. The Balaban J connectivity index is 2.47. The maximum atomic E-state index is 13.3. The standard InChI is InChI=1S/C23H38N4O6S/c1-8-34(30,31)25-18-9-10-20-19(11-18)22(28)26(6)13-21(32-7)16(4)12-27(17(5)14-33-20)23(29)24-15(2)3/h9-11,15-17,21,25H,8,12-14H2,1-7H3,(H,24,29)/t16-,17+,21-/m0/s1. The molecule has 1 aliphatic heterocycles. The van der Waals surface area contributed by atoms with E-state index in [4.69, 9.17) is 9.47 Å². The molecule has 10 nitrogen and oxygen atoms in total. The van der Waals surface area contributed by atoms with E-state index in [-0.39, 0.29) is 66.2 Å². The zero-order valence-corrected chi connectivity index (χ0v) is 21.9. The summed E-state index contributed by atoms with van der Waals surface area (Å²) >= 11 is 0. The van der Waals surface area contributed by atoms with E-state index >= 15 is 0 Å². The summed E-state index contributed by atoms with van der Waals surface area (Å²) in [6.45, 7) is 10.1. The predicted octanol–water partition coefficient (Wildman–Crippen LogP) is 2.37. The first kappa shape index (κ1) is 27.7. The van der Waals surface area contributed by atoms with Crippen LogP contribution in [0.25, 0.3) is 0 Å². The highest BCUT2D eigenvalue weighted by Gasteiger charge is 2.30. The number of hydrogen-bond acceptors (Lipinski definition) is 6. The Kier molecular flexibility index (Phi) is 9.57. The summed E-state index contributed by atoms with van der Waals surface area (Å²) in [5.74, 6) is -0.158. The number of anilines is 1. The van der Waals surface area contributed by atoms with Crippen LogP contribution in [0, 0.1) is 5.92 Å². The first-order valence-electron chi connectivity index (χ1n) is 11.5. The number of carbonyl (C=O) groups is 2. The highest BCUT2D eigenvalue weighted by Crippen LogP contribution is 2.27. The number of fused-ring (bicyclic) bond motifs is 1. The van der Waals surface area contributed by atoms with Gasteiger partial charge in [0, 0.05) is 44.9 Å². The van der Waals surface area contributed by atoms with Crippen molar-refractivity contribution in [3.05, 3.63) is 23.8 Å². The quantitative estimate of drug-likeness (QED) is 0.644. The second kappa shape index (κ2) is 11.7. The lowest BCUT2D eigenvalue weighted by Gasteiger charge is -2.36. The predicted molar refractivity (Wildman–Crippen MR) is 132 cm³/mol. The number of hydrogen-bond donors (Lipinski definition) is 2. The first-order valence-corrected chi connectivity index (χ1v) is 13.2. The molecule has 0 aliphatic carbocycles. The number of sulfonamides is 1. The zero-order chi connectivity index (χ0) is 25.6. The molecule has 0 saturated carbocycles. The van der Waals surface area contributed by atoms with Crippen LogP contribution in [0.3, 0.4) is 0 Å². The molecule has 0 radical (unpaired) electrons. The molecule has 11 heteroatoms. The number of ether oxygens (including phenoxy) is 2. The summed E-state index contributed by atoms with van der Waals surface area (Å²) < 4.78 is 38.2. The smallest absolute Gasteiger partial charge is 0.317 e. The molecule has 34 heavy (non-hydrogen) atoms. The minimum Gasteiger partial charge on any atom is -0.491 e. The molecule has 2 N–H and O–H groups in total. The van der Waals surface area contributed by atoms with Crippen molar-refractivity contribution < 1.29 is 27.5 Å². The number of rotatable bonds is 5. The van der Waals surface area contributed by atoms with E-state index in [2.05, 4.69) is 10.0 Å². The average Bonchev–Trinajstić information content (AvgIpc) is 2.77. The van der Waals surface area contributed by atoms with Crippen molar-refractivity contribution in [2.75, 3.05) is 44.3 Å². The minimum absolute atomic E-state index is 0.0228. The van der Waals surface area contributed by atoms with E-state index in [1.165, 1.54) is 17.9 Å². The van der Waals surface area contributed by atoms with Crippen LogP contribution in [-0.4, -0.2) is 88.0 Å². The number of methoxy groups -OCH3 is 1. The Morgan fingerprint density at radius 2 is 1.94 bits per heavy atom. The number of carbonyl (C=O) groups excluding carboxylic acids is 2. The van der Waals surface area contributed by atoms with Gasteiger partial charge in [-0.05, 0) is 45.9 Å². The van der Waals surface area contributed by atoms with E-state index in [0.29, 0.717) is 12.3 Å². The van der Waals surface area contributed by atoms with Gasteiger partial charge in [0.05, 0.1) is 23.5 Å². The molecule has 0 bridgehead atoms. The Hall–Kier alpha value is -2.53. The molecular weight excluding hydrogens is 460 g/mol. The maximum absolute atomic E-state index is 13.3. The van der Waals surface area contributed by atoms with Crippen molar-refractivity contribution in [1.82, 2.24) is 15.1 Å². The molecule has 192 valence electrons. The van der Waals surface area contributed by atoms with Crippen molar-refractivity contribution >= 4 is 27.6 Å². The van der Waals surface area contributed by atoms with Gasteiger partial charge in [-0.25, -0.2) is 13.2 Å². The van der Waals surface area contributed by atoms with Crippen LogP contribution in [0.1, 0.15) is 45.0 Å². The molecule has 0 aromatic heterocycles. The summed E-state index contributed by atoms with van der Waals surface area (Å²) in [5, 5.41) is 2.94. The largest absolute Gasteiger partial charge is 0.491 e. The molecule has 1 aliphatic rings. The molecule has 0 saturated heterocycles. The third-order valence-corrected chi connectivity index (χ3v) is 7.08. The van der Waals surface area contributed by atoms with E-state index in [9.17, 15) is 18.0 Å². The van der Waals surface area contributed by atoms with Gasteiger partial charge in [-0.3, -0.25) is 9.52 Å². The SMILES string of the molecule is CCS(=O)(=O)Nc1ccc2c(c1)C(=O)N(C)C[C@H](OC)[C@@H](C)CN(C(=O)NC(C)C)[C@H](C)CO2. The van der Waals surface area contributed by atoms with Crippen molar-refractivity contribution in [2.24, 2.45) is 5.92 Å². The minimum atomic E-state index is -3.51. The number of benzene rings is 1. The van der Waals surface area contributed by atoms with Gasteiger partial charge in [-0.2, -0.15) is 0 Å². The van der Waals surface area contributed by atoms with Gasteiger partial charge in [-0.1, -0.05) is 6.92 Å². The molecule has 1 aromatic rings. The molecule has 0 unspecified atom stereocenters. The van der Waals surface area contributed by atoms with Gasteiger partial charge in [0.1, 0.15) is 12.4 Å². The summed E-state index contributed by atoms with van der Waals surface area (Å²) in [6.07, 6.45) is -0.318. The highest BCUT2D eigenvalue weighted by molar-refractivity contribution is 7.92. The third kappa shape index (κ3) is 7.23. The third-order valence-electron chi connectivity index (χ3n) is 5.77. The van der Waals surface area contributed by atoms with Crippen LogP contribution in [0.4, 0.5) is 10.5 Å². The second-order valence-corrected chi connectivity index (χ2v) is 11.1. The molecule has 0 spiro atoms. The van der Waals surface area contributed by atoms with Gasteiger partial charge in [0.2, 0.25) is 10.0 Å². The van der Waals surface area contributed by atoms with Gasteiger partial charge in [-0.15, -0.1) is 0 Å². The van der Waals surface area contributed by atoms with E-state index in [0.717, 1.165) is 0 Å². The summed E-state index contributed by atoms with van der Waals surface area (Å²) in [4.78, 5) is 29.5. The van der Waals surface area contributed by atoms with E-state index in [1.54, 1.807) is 31.2 Å². The lowest BCUT2D eigenvalue weighted by molar-refractivity contribution is 0.0165. The molecule has 1 aromatic carbocycles. The van der Waals surface area contributed by atoms with Gasteiger partial charge in [0.15, 0.2) is 0 Å². The molecule has 3 atom stereocenters. The van der Waals surface area contributed by atoms with Crippen molar-refractivity contribution in [3.63, 3.8) is 0 Å². The molecule has 1 heterocycles. The number of nitrogens with one attached hydrogen (secondary N) is 2. The first-order chi connectivity index (χ1) is 15.9. The molecular formula is C23H38N4O6S. The lowest BCUT2D eigenvalue weighted by atomic mass is 10.0. The molecule has 0 fully saturated rings. The number of urea groups is 1. The van der Waals surface area contributed by atoms with Crippen LogP contribution < -0.4 is 14.8 Å². The Morgan fingerprint density at radius 1 is 1.26 bits per heavy atom.